The molecule has 1 aromatic rings. The van der Waals surface area contributed by atoms with Crippen LogP contribution < -0.4 is 11.2 Å². The fraction of sp³-hybridized carbons (Fsp3) is 0.625. The van der Waals surface area contributed by atoms with Gasteiger partial charge in [-0.05, 0) is 12.0 Å². The highest BCUT2D eigenvalue weighted by atomic mass is 16.5. The molecule has 1 aromatic carbocycles. The zero-order valence-corrected chi connectivity index (χ0v) is 12.6. The van der Waals surface area contributed by atoms with E-state index in [-0.39, 0.29) is 5.54 Å². The minimum absolute atomic E-state index is 0.0200. The molecule has 21 heavy (non-hydrogen) atoms. The molecule has 2 aliphatic heterocycles. The van der Waals surface area contributed by atoms with E-state index in [2.05, 4.69) is 45.7 Å². The van der Waals surface area contributed by atoms with E-state index < -0.39 is 0 Å². The maximum Gasteiger partial charge on any atom is 0.0608 e. The number of nitrogens with two attached hydrogens (primary N) is 1. The number of ether oxygens (including phenoxy) is 1. The minimum atomic E-state index is 0.0200. The Morgan fingerprint density at radius 1 is 1.14 bits per heavy atom. The van der Waals surface area contributed by atoms with Crippen LogP contribution in [0.5, 0.6) is 0 Å². The van der Waals surface area contributed by atoms with Crippen molar-refractivity contribution in [3.05, 3.63) is 35.9 Å². The summed E-state index contributed by atoms with van der Waals surface area (Å²) in [6.45, 7) is 7.30. The Morgan fingerprint density at radius 3 is 2.62 bits per heavy atom. The summed E-state index contributed by atoms with van der Waals surface area (Å²) < 4.78 is 5.41. The molecule has 0 radical (unpaired) electrons. The summed E-state index contributed by atoms with van der Waals surface area (Å²) in [5.74, 6) is 0. The molecule has 0 bridgehead atoms. The summed E-state index contributed by atoms with van der Waals surface area (Å²) in [5, 5.41) is 2.28. The molecule has 116 valence electrons. The Balaban J connectivity index is 1.57. The fourth-order valence-corrected chi connectivity index (χ4v) is 3.25. The Kier molecular flexibility index (Phi) is 4.87. The number of hydrogen-bond acceptors (Lipinski definition) is 5. The monoisotopic (exact) mass is 290 g/mol. The predicted octanol–water partition coefficient (Wildman–Crippen LogP) is 0.427. The van der Waals surface area contributed by atoms with Gasteiger partial charge in [-0.2, -0.15) is 0 Å². The molecule has 0 aliphatic carbocycles. The lowest BCUT2D eigenvalue weighted by Crippen LogP contribution is -2.61. The second-order valence-corrected chi connectivity index (χ2v) is 6.14. The van der Waals surface area contributed by atoms with Crippen LogP contribution in [0.1, 0.15) is 12.0 Å². The number of morpholine rings is 1. The summed E-state index contributed by atoms with van der Waals surface area (Å²) in [5.41, 5.74) is 11.2. The lowest BCUT2D eigenvalue weighted by atomic mass is 10.00. The largest absolute Gasteiger partial charge is 0.379 e. The van der Waals surface area contributed by atoms with E-state index in [9.17, 15) is 0 Å². The first kappa shape index (κ1) is 14.9. The van der Waals surface area contributed by atoms with E-state index >= 15 is 0 Å². The predicted molar refractivity (Wildman–Crippen MR) is 83.6 cm³/mol. The third kappa shape index (κ3) is 3.81. The standard InChI is InChI=1S/C16H26N4O/c17-13-16(18-20-8-10-21-11-9-20)6-7-19(14-16)12-15-4-2-1-3-5-15/h1-5,18H,6-14,17H2. The van der Waals surface area contributed by atoms with Crippen LogP contribution in [0.4, 0.5) is 0 Å². The highest BCUT2D eigenvalue weighted by molar-refractivity contribution is 5.15. The topological polar surface area (TPSA) is 53.8 Å². The van der Waals surface area contributed by atoms with E-state index in [0.717, 1.165) is 52.4 Å². The van der Waals surface area contributed by atoms with Crippen LogP contribution in [-0.2, 0) is 11.3 Å². The third-order valence-corrected chi connectivity index (χ3v) is 4.48. The summed E-state index contributed by atoms with van der Waals surface area (Å²) in [7, 11) is 0. The molecule has 1 unspecified atom stereocenters. The SMILES string of the molecule is NCC1(NN2CCOCC2)CCN(Cc2ccccc2)C1. The number of benzene rings is 1. The minimum Gasteiger partial charge on any atom is -0.379 e. The van der Waals surface area contributed by atoms with E-state index in [4.69, 9.17) is 10.5 Å². The second kappa shape index (κ2) is 6.85. The van der Waals surface area contributed by atoms with Crippen LogP contribution >= 0.6 is 0 Å². The van der Waals surface area contributed by atoms with E-state index in [1.807, 2.05) is 0 Å². The zero-order valence-electron chi connectivity index (χ0n) is 12.6. The lowest BCUT2D eigenvalue weighted by molar-refractivity contribution is -0.0103. The number of rotatable bonds is 5. The Hall–Kier alpha value is -0.980. The molecule has 0 spiro atoms. The first-order chi connectivity index (χ1) is 10.3. The Labute approximate surface area is 127 Å². The molecule has 2 heterocycles. The van der Waals surface area contributed by atoms with Gasteiger partial charge in [0.2, 0.25) is 0 Å². The summed E-state index contributed by atoms with van der Waals surface area (Å²) >= 11 is 0. The summed E-state index contributed by atoms with van der Waals surface area (Å²) in [6, 6.07) is 10.7. The maximum atomic E-state index is 6.09. The quantitative estimate of drug-likeness (QED) is 0.823. The number of likely N-dealkylation sites (tertiary alicyclic amines) is 1. The molecule has 2 saturated heterocycles. The van der Waals surface area contributed by atoms with Gasteiger partial charge < -0.3 is 10.5 Å². The van der Waals surface area contributed by atoms with Gasteiger partial charge in [0, 0.05) is 39.3 Å². The van der Waals surface area contributed by atoms with Crippen molar-refractivity contribution in [2.24, 2.45) is 5.73 Å². The van der Waals surface area contributed by atoms with Crippen LogP contribution in [0.25, 0.3) is 0 Å². The van der Waals surface area contributed by atoms with Crippen LogP contribution in [0.3, 0.4) is 0 Å². The van der Waals surface area contributed by atoms with Crippen LogP contribution in [0.2, 0.25) is 0 Å². The van der Waals surface area contributed by atoms with Gasteiger partial charge in [0.1, 0.15) is 0 Å². The van der Waals surface area contributed by atoms with Crippen molar-refractivity contribution in [3.63, 3.8) is 0 Å². The number of hydrogen-bond donors (Lipinski definition) is 2. The zero-order chi connectivity index (χ0) is 14.5. The molecule has 2 fully saturated rings. The van der Waals surface area contributed by atoms with Gasteiger partial charge >= 0.3 is 0 Å². The van der Waals surface area contributed by atoms with Crippen molar-refractivity contribution in [2.75, 3.05) is 45.9 Å². The molecule has 1 atom stereocenters. The van der Waals surface area contributed by atoms with Crippen molar-refractivity contribution in [2.45, 2.75) is 18.5 Å². The molecule has 5 heteroatoms. The van der Waals surface area contributed by atoms with Gasteiger partial charge in [-0.1, -0.05) is 30.3 Å². The van der Waals surface area contributed by atoms with Gasteiger partial charge in [0.05, 0.1) is 18.8 Å². The molecule has 3 N–H and O–H groups in total. The summed E-state index contributed by atoms with van der Waals surface area (Å²) in [6.07, 6.45) is 1.10. The molecule has 0 saturated carbocycles. The van der Waals surface area contributed by atoms with Gasteiger partial charge in [-0.25, -0.2) is 10.4 Å². The highest BCUT2D eigenvalue weighted by Gasteiger charge is 2.38. The van der Waals surface area contributed by atoms with Crippen molar-refractivity contribution in [1.82, 2.24) is 15.3 Å². The van der Waals surface area contributed by atoms with E-state index in [1.54, 1.807) is 0 Å². The van der Waals surface area contributed by atoms with Crippen LogP contribution in [0, 0.1) is 0 Å². The van der Waals surface area contributed by atoms with Crippen LogP contribution in [0.15, 0.2) is 30.3 Å². The number of nitrogens with one attached hydrogen (secondary N) is 1. The average Bonchev–Trinajstić information content (AvgIpc) is 2.93. The summed E-state index contributed by atoms with van der Waals surface area (Å²) in [4.78, 5) is 2.50. The second-order valence-electron chi connectivity index (χ2n) is 6.14. The van der Waals surface area contributed by atoms with Crippen molar-refractivity contribution < 1.29 is 4.74 Å². The highest BCUT2D eigenvalue weighted by Crippen LogP contribution is 2.23. The number of nitrogens with zero attached hydrogens (tertiary/aromatic N) is 2. The van der Waals surface area contributed by atoms with Gasteiger partial charge in [0.25, 0.3) is 0 Å². The maximum absolute atomic E-state index is 6.09. The molecule has 5 nitrogen and oxygen atoms in total. The Bertz CT molecular complexity index is 435. The normalized spacial score (nSPS) is 28.0. The van der Waals surface area contributed by atoms with Crippen molar-refractivity contribution in [1.29, 1.82) is 0 Å². The van der Waals surface area contributed by atoms with Gasteiger partial charge in [-0.3, -0.25) is 4.90 Å². The molecular weight excluding hydrogens is 264 g/mol. The first-order valence-electron chi connectivity index (χ1n) is 7.87. The fourth-order valence-electron chi connectivity index (χ4n) is 3.25. The third-order valence-electron chi connectivity index (χ3n) is 4.48. The molecular formula is C16H26N4O. The number of hydrazine groups is 1. The van der Waals surface area contributed by atoms with E-state index in [1.165, 1.54) is 5.56 Å². The average molecular weight is 290 g/mol. The molecule has 0 aromatic heterocycles. The first-order valence-corrected chi connectivity index (χ1v) is 7.87. The lowest BCUT2D eigenvalue weighted by Gasteiger charge is -2.37. The van der Waals surface area contributed by atoms with Crippen molar-refractivity contribution >= 4 is 0 Å². The van der Waals surface area contributed by atoms with Crippen LogP contribution in [-0.4, -0.2) is 61.4 Å². The van der Waals surface area contributed by atoms with E-state index in [0.29, 0.717) is 6.54 Å². The molecule has 3 rings (SSSR count). The Morgan fingerprint density at radius 2 is 1.90 bits per heavy atom. The smallest absolute Gasteiger partial charge is 0.0608 e. The van der Waals surface area contributed by atoms with Gasteiger partial charge in [0.15, 0.2) is 0 Å². The molecule has 0 amide bonds. The van der Waals surface area contributed by atoms with Crippen molar-refractivity contribution in [3.8, 4) is 0 Å². The van der Waals surface area contributed by atoms with Gasteiger partial charge in [-0.15, -0.1) is 0 Å². The molecule has 2 aliphatic rings.